The van der Waals surface area contributed by atoms with E-state index < -0.39 is 5.54 Å². The lowest BCUT2D eigenvalue weighted by Gasteiger charge is -2.31. The Morgan fingerprint density at radius 2 is 2.00 bits per heavy atom. The molecule has 5 heteroatoms. The van der Waals surface area contributed by atoms with Gasteiger partial charge >= 0.3 is 0 Å². The molecule has 0 aliphatic carbocycles. The summed E-state index contributed by atoms with van der Waals surface area (Å²) in [6, 6.07) is 10.1. The van der Waals surface area contributed by atoms with Gasteiger partial charge in [-0.05, 0) is 25.0 Å². The largest absolute Gasteiger partial charge is 0.381 e. The number of nitrogens with one attached hydrogen (secondary N) is 1. The van der Waals surface area contributed by atoms with E-state index in [0.29, 0.717) is 32.6 Å². The van der Waals surface area contributed by atoms with Crippen molar-refractivity contribution < 1.29 is 9.53 Å². The van der Waals surface area contributed by atoms with Crippen LogP contribution in [0.1, 0.15) is 12.8 Å². The molecule has 0 aromatic heterocycles. The fraction of sp³-hybridized carbons (Fsp3) is 0.500. The van der Waals surface area contributed by atoms with Gasteiger partial charge in [-0.15, -0.1) is 11.8 Å². The minimum atomic E-state index is -0.740. The maximum absolute atomic E-state index is 12.0. The number of ether oxygens (including phenoxy) is 1. The predicted molar refractivity (Wildman–Crippen MR) is 77.1 cm³/mol. The third-order valence-corrected chi connectivity index (χ3v) is 4.25. The van der Waals surface area contributed by atoms with Gasteiger partial charge in [0.2, 0.25) is 5.91 Å². The molecule has 19 heavy (non-hydrogen) atoms. The molecule has 4 nitrogen and oxygen atoms in total. The van der Waals surface area contributed by atoms with Gasteiger partial charge in [0.15, 0.2) is 0 Å². The molecule has 1 aliphatic heterocycles. The number of nitrogens with two attached hydrogens (primary N) is 1. The van der Waals surface area contributed by atoms with Gasteiger partial charge < -0.3 is 15.8 Å². The highest BCUT2D eigenvalue weighted by molar-refractivity contribution is 7.99. The van der Waals surface area contributed by atoms with Crippen molar-refractivity contribution in [2.24, 2.45) is 5.73 Å². The van der Waals surface area contributed by atoms with Crippen LogP contribution >= 0.6 is 11.8 Å². The zero-order valence-corrected chi connectivity index (χ0v) is 11.7. The second-order valence-corrected chi connectivity index (χ2v) is 5.85. The molecule has 0 atom stereocenters. The molecule has 1 fully saturated rings. The molecule has 0 unspecified atom stereocenters. The smallest absolute Gasteiger partial charge is 0.240 e. The van der Waals surface area contributed by atoms with Crippen LogP contribution in [0, 0.1) is 0 Å². The lowest BCUT2D eigenvalue weighted by atomic mass is 9.90. The number of hydrogen-bond acceptors (Lipinski definition) is 4. The first-order valence-corrected chi connectivity index (χ1v) is 7.52. The summed E-state index contributed by atoms with van der Waals surface area (Å²) in [5.41, 5.74) is 5.36. The number of rotatable bonds is 5. The number of benzene rings is 1. The van der Waals surface area contributed by atoms with Crippen LogP contribution in [0.2, 0.25) is 0 Å². The molecular weight excluding hydrogens is 260 g/mol. The molecule has 2 rings (SSSR count). The highest BCUT2D eigenvalue weighted by Crippen LogP contribution is 2.18. The van der Waals surface area contributed by atoms with E-state index in [-0.39, 0.29) is 5.91 Å². The number of carbonyl (C=O) groups is 1. The van der Waals surface area contributed by atoms with Crippen molar-refractivity contribution in [3.8, 4) is 0 Å². The minimum Gasteiger partial charge on any atom is -0.381 e. The Bertz CT molecular complexity index is 405. The van der Waals surface area contributed by atoms with Crippen molar-refractivity contribution in [1.82, 2.24) is 5.32 Å². The number of carbonyl (C=O) groups excluding carboxylic acids is 1. The van der Waals surface area contributed by atoms with Crippen molar-refractivity contribution in [1.29, 1.82) is 0 Å². The monoisotopic (exact) mass is 280 g/mol. The van der Waals surface area contributed by atoms with Crippen molar-refractivity contribution in [3.05, 3.63) is 30.3 Å². The van der Waals surface area contributed by atoms with Gasteiger partial charge in [-0.25, -0.2) is 0 Å². The van der Waals surface area contributed by atoms with Gasteiger partial charge in [0.05, 0.1) is 5.54 Å². The maximum Gasteiger partial charge on any atom is 0.240 e. The van der Waals surface area contributed by atoms with Crippen LogP contribution in [0.4, 0.5) is 0 Å². The molecule has 1 aromatic rings. The zero-order chi connectivity index (χ0) is 13.6. The maximum atomic E-state index is 12.0. The molecule has 0 spiro atoms. The molecule has 0 saturated carbocycles. The predicted octanol–water partition coefficient (Wildman–Crippen LogP) is 1.40. The molecule has 1 saturated heterocycles. The summed E-state index contributed by atoms with van der Waals surface area (Å²) in [5.74, 6) is 0.798. The normalized spacial score (nSPS) is 17.9. The Morgan fingerprint density at radius 1 is 1.32 bits per heavy atom. The van der Waals surface area contributed by atoms with Crippen LogP contribution in [0.15, 0.2) is 35.2 Å². The molecule has 0 radical (unpaired) electrons. The first-order valence-electron chi connectivity index (χ1n) is 6.53. The highest BCUT2D eigenvalue weighted by atomic mass is 32.2. The Hall–Kier alpha value is -1.04. The fourth-order valence-electron chi connectivity index (χ4n) is 1.99. The average molecular weight is 280 g/mol. The van der Waals surface area contributed by atoms with Gasteiger partial charge in [0, 0.05) is 30.4 Å². The van der Waals surface area contributed by atoms with Crippen molar-refractivity contribution in [2.75, 3.05) is 25.5 Å². The van der Waals surface area contributed by atoms with Crippen LogP contribution in [-0.2, 0) is 9.53 Å². The third-order valence-electron chi connectivity index (χ3n) is 3.24. The summed E-state index contributed by atoms with van der Waals surface area (Å²) in [4.78, 5) is 13.2. The van der Waals surface area contributed by atoms with Crippen molar-refractivity contribution >= 4 is 17.7 Å². The molecular formula is C14H20N2O2S. The Kier molecular flexibility index (Phi) is 5.24. The van der Waals surface area contributed by atoms with Crippen LogP contribution in [0.25, 0.3) is 0 Å². The van der Waals surface area contributed by atoms with E-state index in [4.69, 9.17) is 10.5 Å². The third kappa shape index (κ3) is 4.23. The molecule has 1 aromatic carbocycles. The lowest BCUT2D eigenvalue weighted by Crippen LogP contribution is -2.57. The Morgan fingerprint density at radius 3 is 2.68 bits per heavy atom. The van der Waals surface area contributed by atoms with Gasteiger partial charge in [0.25, 0.3) is 0 Å². The second kappa shape index (κ2) is 6.93. The van der Waals surface area contributed by atoms with Crippen LogP contribution in [-0.4, -0.2) is 37.0 Å². The van der Waals surface area contributed by atoms with Gasteiger partial charge in [0.1, 0.15) is 0 Å². The number of thioether (sulfide) groups is 1. The van der Waals surface area contributed by atoms with E-state index in [1.165, 1.54) is 4.90 Å². The molecule has 1 heterocycles. The first-order chi connectivity index (χ1) is 9.21. The van der Waals surface area contributed by atoms with Crippen LogP contribution < -0.4 is 11.1 Å². The summed E-state index contributed by atoms with van der Waals surface area (Å²) >= 11 is 1.73. The Labute approximate surface area is 118 Å². The summed E-state index contributed by atoms with van der Waals surface area (Å²) in [6.45, 7) is 1.78. The fourth-order valence-corrected chi connectivity index (χ4v) is 2.78. The molecule has 3 N–H and O–H groups in total. The summed E-state index contributed by atoms with van der Waals surface area (Å²) in [7, 11) is 0. The molecule has 1 aliphatic rings. The van der Waals surface area contributed by atoms with E-state index in [9.17, 15) is 4.79 Å². The van der Waals surface area contributed by atoms with Crippen LogP contribution in [0.5, 0.6) is 0 Å². The standard InChI is InChI=1S/C14H20N2O2S/c15-14(6-9-18-10-7-14)13(17)16-8-11-19-12-4-2-1-3-5-12/h1-5H,6-11,15H2,(H,16,17). The van der Waals surface area contributed by atoms with E-state index in [0.717, 1.165) is 5.75 Å². The summed E-state index contributed by atoms with van der Waals surface area (Å²) < 4.78 is 5.23. The summed E-state index contributed by atoms with van der Waals surface area (Å²) in [6.07, 6.45) is 1.20. The Balaban J connectivity index is 1.69. The van der Waals surface area contributed by atoms with E-state index in [2.05, 4.69) is 17.4 Å². The number of amides is 1. The van der Waals surface area contributed by atoms with Gasteiger partial charge in [-0.3, -0.25) is 4.79 Å². The molecule has 1 amide bonds. The number of hydrogen-bond donors (Lipinski definition) is 2. The zero-order valence-electron chi connectivity index (χ0n) is 10.9. The molecule has 104 valence electrons. The molecule has 0 bridgehead atoms. The lowest BCUT2D eigenvalue weighted by molar-refractivity contribution is -0.129. The minimum absolute atomic E-state index is 0.0514. The average Bonchev–Trinajstić information content (AvgIpc) is 2.45. The van der Waals surface area contributed by atoms with Crippen molar-refractivity contribution in [3.63, 3.8) is 0 Å². The van der Waals surface area contributed by atoms with Crippen molar-refractivity contribution in [2.45, 2.75) is 23.3 Å². The van der Waals surface area contributed by atoms with E-state index in [1.807, 2.05) is 18.2 Å². The van der Waals surface area contributed by atoms with Gasteiger partial charge in [-0.2, -0.15) is 0 Å². The van der Waals surface area contributed by atoms with E-state index in [1.54, 1.807) is 11.8 Å². The van der Waals surface area contributed by atoms with Gasteiger partial charge in [-0.1, -0.05) is 18.2 Å². The quantitative estimate of drug-likeness (QED) is 0.632. The van der Waals surface area contributed by atoms with E-state index >= 15 is 0 Å². The first kappa shape index (κ1) is 14.4. The van der Waals surface area contributed by atoms with Crippen LogP contribution in [0.3, 0.4) is 0 Å². The second-order valence-electron chi connectivity index (χ2n) is 4.69. The SMILES string of the molecule is NC1(C(=O)NCCSc2ccccc2)CCOCC1. The topological polar surface area (TPSA) is 64.4 Å². The summed E-state index contributed by atoms with van der Waals surface area (Å²) in [5, 5.41) is 2.92. The highest BCUT2D eigenvalue weighted by Gasteiger charge is 2.35.